The number of nitrogens with zero attached hydrogens (tertiary/aromatic N) is 7. The quantitative estimate of drug-likeness (QED) is 0.417. The van der Waals surface area contributed by atoms with Crippen molar-refractivity contribution in [1.82, 2.24) is 15.0 Å². The molecule has 0 aliphatic heterocycles. The summed E-state index contributed by atoms with van der Waals surface area (Å²) in [6.45, 7) is 1.55. The van der Waals surface area contributed by atoms with Crippen LogP contribution >= 0.6 is 0 Å². The Balaban J connectivity index is 3.32. The first-order valence-electron chi connectivity index (χ1n) is 6.19. The van der Waals surface area contributed by atoms with Crippen LogP contribution in [0.25, 0.3) is 0 Å². The largest absolute Gasteiger partial charge is 0.467 e. The van der Waals surface area contributed by atoms with Crippen molar-refractivity contribution in [3.05, 3.63) is 0 Å². The van der Waals surface area contributed by atoms with E-state index in [0.29, 0.717) is 11.9 Å². The van der Waals surface area contributed by atoms with E-state index in [2.05, 4.69) is 19.7 Å². The highest BCUT2D eigenvalue weighted by molar-refractivity contribution is 5.79. The third-order valence-corrected chi connectivity index (χ3v) is 2.65. The first-order valence-corrected chi connectivity index (χ1v) is 6.19. The number of nitriles is 1. The summed E-state index contributed by atoms with van der Waals surface area (Å²) in [5.74, 6) is 0.328. The molecule has 21 heavy (non-hydrogen) atoms. The second-order valence-corrected chi connectivity index (χ2v) is 4.69. The second-order valence-electron chi connectivity index (χ2n) is 4.69. The summed E-state index contributed by atoms with van der Waals surface area (Å²) in [5, 5.41) is 9.29. The second kappa shape index (κ2) is 6.69. The average Bonchev–Trinajstić information content (AvgIpc) is 2.46. The minimum absolute atomic E-state index is 0.0952. The lowest BCUT2D eigenvalue weighted by atomic mass is 10.3. The molecular formula is C12H19N7O2. The van der Waals surface area contributed by atoms with Gasteiger partial charge in [-0.1, -0.05) is 0 Å². The lowest BCUT2D eigenvalue weighted by Gasteiger charge is -2.22. The SMILES string of the molecule is COC(=O)[C@@H](C)N(C#N)c1nc(N(C)C)nc(N(C)C)n1. The monoisotopic (exact) mass is 293 g/mol. The van der Waals surface area contributed by atoms with Gasteiger partial charge in [-0.25, -0.2) is 9.69 Å². The first kappa shape index (κ1) is 16.4. The lowest BCUT2D eigenvalue weighted by molar-refractivity contribution is -0.141. The predicted molar refractivity (Wildman–Crippen MR) is 78.1 cm³/mol. The van der Waals surface area contributed by atoms with Crippen LogP contribution in [0.3, 0.4) is 0 Å². The van der Waals surface area contributed by atoms with Gasteiger partial charge < -0.3 is 14.5 Å². The molecule has 0 amide bonds. The zero-order valence-electron chi connectivity index (χ0n) is 13.0. The number of methoxy groups -OCH3 is 1. The Hall–Kier alpha value is -2.63. The van der Waals surface area contributed by atoms with Gasteiger partial charge in [0.2, 0.25) is 17.8 Å². The summed E-state index contributed by atoms with van der Waals surface area (Å²) in [4.78, 5) is 28.7. The number of carbonyl (C=O) groups excluding carboxylic acids is 1. The number of hydrogen-bond donors (Lipinski definition) is 0. The maximum atomic E-state index is 11.6. The molecule has 0 unspecified atom stereocenters. The highest BCUT2D eigenvalue weighted by Gasteiger charge is 2.26. The smallest absolute Gasteiger partial charge is 0.329 e. The van der Waals surface area contributed by atoms with Crippen molar-refractivity contribution in [1.29, 1.82) is 5.26 Å². The summed E-state index contributed by atoms with van der Waals surface area (Å²) in [6.07, 6.45) is 1.91. The molecule has 0 N–H and O–H groups in total. The van der Waals surface area contributed by atoms with E-state index >= 15 is 0 Å². The molecule has 0 aliphatic rings. The van der Waals surface area contributed by atoms with Crippen LogP contribution in [0.15, 0.2) is 0 Å². The topological polar surface area (TPSA) is 98.5 Å². The molecule has 0 fully saturated rings. The van der Waals surface area contributed by atoms with Gasteiger partial charge in [-0.05, 0) is 6.92 Å². The van der Waals surface area contributed by atoms with Crippen molar-refractivity contribution in [2.75, 3.05) is 50.0 Å². The van der Waals surface area contributed by atoms with Crippen molar-refractivity contribution in [3.8, 4) is 6.19 Å². The summed E-state index contributed by atoms with van der Waals surface area (Å²) < 4.78 is 4.65. The molecule has 1 rings (SSSR count). The van der Waals surface area contributed by atoms with Gasteiger partial charge in [0.1, 0.15) is 6.04 Å². The molecule has 0 saturated carbocycles. The number of anilines is 3. The molecular weight excluding hydrogens is 274 g/mol. The van der Waals surface area contributed by atoms with Gasteiger partial charge >= 0.3 is 5.97 Å². The average molecular weight is 293 g/mol. The van der Waals surface area contributed by atoms with Crippen LogP contribution in [0.5, 0.6) is 0 Å². The van der Waals surface area contributed by atoms with Crippen molar-refractivity contribution < 1.29 is 9.53 Å². The Kier molecular flexibility index (Phi) is 5.24. The number of esters is 1. The fourth-order valence-electron chi connectivity index (χ4n) is 1.43. The van der Waals surface area contributed by atoms with Crippen molar-refractivity contribution >= 4 is 23.8 Å². The fraction of sp³-hybridized carbons (Fsp3) is 0.583. The predicted octanol–water partition coefficient (Wildman–Crippen LogP) is -0.147. The summed E-state index contributed by atoms with van der Waals surface area (Å²) >= 11 is 0. The molecule has 0 spiro atoms. The van der Waals surface area contributed by atoms with Crippen LogP contribution in [0.4, 0.5) is 17.8 Å². The van der Waals surface area contributed by atoms with Crippen LogP contribution in [0.2, 0.25) is 0 Å². The maximum absolute atomic E-state index is 11.6. The van der Waals surface area contributed by atoms with E-state index in [0.717, 1.165) is 4.90 Å². The van der Waals surface area contributed by atoms with E-state index in [1.165, 1.54) is 7.11 Å². The van der Waals surface area contributed by atoms with Crippen LogP contribution in [0.1, 0.15) is 6.92 Å². The third kappa shape index (κ3) is 3.68. The van der Waals surface area contributed by atoms with Crippen LogP contribution < -0.4 is 14.7 Å². The van der Waals surface area contributed by atoms with Crippen molar-refractivity contribution in [2.45, 2.75) is 13.0 Å². The van der Waals surface area contributed by atoms with E-state index in [4.69, 9.17) is 0 Å². The van der Waals surface area contributed by atoms with E-state index in [-0.39, 0.29) is 5.95 Å². The normalized spacial score (nSPS) is 11.3. The number of aromatic nitrogens is 3. The van der Waals surface area contributed by atoms with Gasteiger partial charge in [0, 0.05) is 28.2 Å². The van der Waals surface area contributed by atoms with E-state index < -0.39 is 12.0 Å². The Bertz CT molecular complexity index is 527. The van der Waals surface area contributed by atoms with Gasteiger partial charge in [-0.2, -0.15) is 20.2 Å². The number of ether oxygens (including phenoxy) is 1. The van der Waals surface area contributed by atoms with Gasteiger partial charge in [0.25, 0.3) is 0 Å². The van der Waals surface area contributed by atoms with Gasteiger partial charge in [0.15, 0.2) is 6.19 Å². The number of carbonyl (C=O) groups is 1. The molecule has 0 aliphatic carbocycles. The molecule has 1 aromatic heterocycles. The zero-order chi connectivity index (χ0) is 16.2. The zero-order valence-corrected chi connectivity index (χ0v) is 13.0. The Morgan fingerprint density at radius 2 is 1.52 bits per heavy atom. The molecule has 0 saturated heterocycles. The van der Waals surface area contributed by atoms with Crippen LogP contribution in [-0.2, 0) is 9.53 Å². The minimum atomic E-state index is -0.826. The number of rotatable bonds is 5. The van der Waals surface area contributed by atoms with E-state index in [1.807, 2.05) is 6.19 Å². The summed E-state index contributed by atoms with van der Waals surface area (Å²) in [7, 11) is 8.37. The van der Waals surface area contributed by atoms with Crippen molar-refractivity contribution in [3.63, 3.8) is 0 Å². The molecule has 1 aromatic rings. The highest BCUT2D eigenvalue weighted by atomic mass is 16.5. The fourth-order valence-corrected chi connectivity index (χ4v) is 1.43. The molecule has 1 atom stereocenters. The molecule has 9 nitrogen and oxygen atoms in total. The van der Waals surface area contributed by atoms with Crippen LogP contribution in [-0.4, -0.2) is 62.3 Å². The first-order chi connectivity index (χ1) is 9.81. The van der Waals surface area contributed by atoms with E-state index in [9.17, 15) is 10.1 Å². The molecule has 0 aromatic carbocycles. The standard InChI is InChI=1S/C12H19N7O2/c1-8(9(20)21-6)19(7-13)12-15-10(17(2)3)14-11(16-12)18(4)5/h8H,1-6H3/t8-/m1/s1. The van der Waals surface area contributed by atoms with Gasteiger partial charge in [0.05, 0.1) is 7.11 Å². The minimum Gasteiger partial charge on any atom is -0.467 e. The molecule has 0 bridgehead atoms. The molecule has 114 valence electrons. The number of hydrogen-bond acceptors (Lipinski definition) is 9. The Morgan fingerprint density at radius 1 is 1.10 bits per heavy atom. The summed E-state index contributed by atoms with van der Waals surface area (Å²) in [6, 6.07) is -0.826. The van der Waals surface area contributed by atoms with Gasteiger partial charge in [-0.3, -0.25) is 0 Å². The summed E-state index contributed by atoms with van der Waals surface area (Å²) in [5.41, 5.74) is 0. The highest BCUT2D eigenvalue weighted by Crippen LogP contribution is 2.18. The van der Waals surface area contributed by atoms with E-state index in [1.54, 1.807) is 44.9 Å². The molecule has 0 radical (unpaired) electrons. The Morgan fingerprint density at radius 3 is 1.86 bits per heavy atom. The Labute approximate surface area is 123 Å². The molecule has 1 heterocycles. The lowest BCUT2D eigenvalue weighted by Crippen LogP contribution is -2.38. The van der Waals surface area contributed by atoms with Crippen molar-refractivity contribution in [2.24, 2.45) is 0 Å². The maximum Gasteiger partial charge on any atom is 0.329 e. The van der Waals surface area contributed by atoms with Crippen LogP contribution in [0, 0.1) is 11.5 Å². The third-order valence-electron chi connectivity index (χ3n) is 2.65. The van der Waals surface area contributed by atoms with Gasteiger partial charge in [-0.15, -0.1) is 0 Å². The molecule has 9 heteroatoms.